The molecule has 1 aromatic rings. The van der Waals surface area contributed by atoms with Gasteiger partial charge in [0.05, 0.1) is 11.8 Å². The molecule has 0 aliphatic rings. The van der Waals surface area contributed by atoms with Gasteiger partial charge in [0, 0.05) is 6.26 Å². The lowest BCUT2D eigenvalue weighted by Gasteiger charge is -2.12. The summed E-state index contributed by atoms with van der Waals surface area (Å²) in [6.45, 7) is 3.04. The molecule has 0 atom stereocenters. The van der Waals surface area contributed by atoms with Crippen molar-refractivity contribution in [3.8, 4) is 0 Å². The minimum atomic E-state index is -4.18. The number of benzene rings is 1. The van der Waals surface area contributed by atoms with E-state index in [-0.39, 0.29) is 0 Å². The number of carbonyl (C=O) groups is 1. The molecule has 106 valence electrons. The van der Waals surface area contributed by atoms with Crippen LogP contribution in [-0.2, 0) is 14.6 Å². The molecular formula is C11H13F2NO4S. The molecule has 1 rings (SSSR count). The molecule has 19 heavy (non-hydrogen) atoms. The molecule has 0 radical (unpaired) electrons. The van der Waals surface area contributed by atoms with E-state index in [1.54, 1.807) is 0 Å². The molecule has 0 fully saturated rings. The number of rotatable bonds is 3. The molecule has 0 aliphatic heterocycles. The maximum atomic E-state index is 14.0. The lowest BCUT2D eigenvalue weighted by Crippen LogP contribution is -2.18. The Bertz CT molecular complexity index is 626. The van der Waals surface area contributed by atoms with Crippen molar-refractivity contribution >= 4 is 21.5 Å². The highest BCUT2D eigenvalue weighted by molar-refractivity contribution is 7.90. The van der Waals surface area contributed by atoms with Gasteiger partial charge in [0.25, 0.3) is 0 Å². The molecule has 0 spiro atoms. The second-order valence-electron chi connectivity index (χ2n) is 4.19. The first-order valence-corrected chi connectivity index (χ1v) is 7.13. The smallest absolute Gasteiger partial charge is 0.343 e. The zero-order valence-corrected chi connectivity index (χ0v) is 11.3. The number of ether oxygens (including phenoxy) is 1. The fraction of sp³-hybridized carbons (Fsp3) is 0.364. The molecule has 0 amide bonds. The first-order chi connectivity index (χ1) is 8.55. The van der Waals surface area contributed by atoms with E-state index in [4.69, 9.17) is 10.5 Å². The molecular weight excluding hydrogens is 280 g/mol. The maximum absolute atomic E-state index is 14.0. The highest BCUT2D eigenvalue weighted by atomic mass is 32.2. The van der Waals surface area contributed by atoms with Crippen molar-refractivity contribution in [3.63, 3.8) is 0 Å². The minimum absolute atomic E-state index is 0.520. The number of hydrogen-bond donors (Lipinski definition) is 1. The van der Waals surface area contributed by atoms with Crippen LogP contribution >= 0.6 is 0 Å². The fourth-order valence-electron chi connectivity index (χ4n) is 1.44. The minimum Gasteiger partial charge on any atom is -0.459 e. The molecule has 0 heterocycles. The van der Waals surface area contributed by atoms with Crippen molar-refractivity contribution in [1.82, 2.24) is 0 Å². The number of sulfone groups is 1. The van der Waals surface area contributed by atoms with Crippen LogP contribution in [0.15, 0.2) is 11.0 Å². The zero-order chi connectivity index (χ0) is 15.0. The van der Waals surface area contributed by atoms with Crippen molar-refractivity contribution in [3.05, 3.63) is 23.3 Å². The van der Waals surface area contributed by atoms with Crippen LogP contribution in [0.4, 0.5) is 14.5 Å². The number of halogens is 2. The Labute approximate surface area is 109 Å². The Morgan fingerprint density at radius 3 is 2.32 bits per heavy atom. The van der Waals surface area contributed by atoms with Crippen molar-refractivity contribution in [2.75, 3.05) is 12.0 Å². The molecule has 2 N–H and O–H groups in total. The van der Waals surface area contributed by atoms with Gasteiger partial charge in [-0.05, 0) is 19.9 Å². The van der Waals surface area contributed by atoms with Crippen LogP contribution in [0.2, 0.25) is 0 Å². The highest BCUT2D eigenvalue weighted by Crippen LogP contribution is 2.27. The van der Waals surface area contributed by atoms with Crippen molar-refractivity contribution < 1.29 is 26.7 Å². The zero-order valence-electron chi connectivity index (χ0n) is 10.5. The number of nitrogens with two attached hydrogens (primary N) is 1. The lowest BCUT2D eigenvalue weighted by molar-refractivity contribution is 0.0373. The molecule has 8 heteroatoms. The average Bonchev–Trinajstić information content (AvgIpc) is 2.11. The van der Waals surface area contributed by atoms with Gasteiger partial charge < -0.3 is 10.5 Å². The number of hydrogen-bond acceptors (Lipinski definition) is 5. The van der Waals surface area contributed by atoms with Crippen LogP contribution in [0, 0.1) is 11.6 Å². The van der Waals surface area contributed by atoms with E-state index in [1.165, 1.54) is 13.8 Å². The Morgan fingerprint density at radius 1 is 1.37 bits per heavy atom. The van der Waals surface area contributed by atoms with Gasteiger partial charge in [-0.15, -0.1) is 0 Å². The number of esters is 1. The Morgan fingerprint density at radius 2 is 1.89 bits per heavy atom. The summed E-state index contributed by atoms with van der Waals surface area (Å²) in [4.78, 5) is 10.4. The third kappa shape index (κ3) is 3.19. The Kier molecular flexibility index (Phi) is 4.14. The van der Waals surface area contributed by atoms with E-state index < -0.39 is 49.7 Å². The number of anilines is 1. The molecule has 0 unspecified atom stereocenters. The van der Waals surface area contributed by atoms with Gasteiger partial charge in [-0.25, -0.2) is 22.0 Å². The molecule has 0 bridgehead atoms. The standard InChI is InChI=1S/C11H13F2NO4S/c1-5(2)18-11(15)8-7(14)4-6(12)10(9(8)13)19(3,16)17/h4-5H,14H2,1-3H3. The molecule has 5 nitrogen and oxygen atoms in total. The number of carbonyl (C=O) groups excluding carboxylic acids is 1. The summed E-state index contributed by atoms with van der Waals surface area (Å²) in [6, 6.07) is 0.580. The van der Waals surface area contributed by atoms with Gasteiger partial charge in [0.1, 0.15) is 16.3 Å². The molecule has 0 aromatic heterocycles. The van der Waals surface area contributed by atoms with E-state index >= 15 is 0 Å². The molecule has 0 saturated carbocycles. The van der Waals surface area contributed by atoms with Crippen molar-refractivity contribution in [2.45, 2.75) is 24.8 Å². The second kappa shape index (κ2) is 5.12. The summed E-state index contributed by atoms with van der Waals surface area (Å²) in [5, 5.41) is 0. The van der Waals surface area contributed by atoms with Crippen LogP contribution in [0.5, 0.6) is 0 Å². The van der Waals surface area contributed by atoms with Crippen LogP contribution in [0.3, 0.4) is 0 Å². The second-order valence-corrected chi connectivity index (χ2v) is 6.14. The van der Waals surface area contributed by atoms with E-state index in [0.717, 1.165) is 0 Å². The summed E-state index contributed by atoms with van der Waals surface area (Å²) >= 11 is 0. The fourth-order valence-corrected chi connectivity index (χ4v) is 2.28. The third-order valence-corrected chi connectivity index (χ3v) is 3.24. The van der Waals surface area contributed by atoms with Crippen LogP contribution in [0.1, 0.15) is 24.2 Å². The van der Waals surface area contributed by atoms with E-state index in [1.807, 2.05) is 0 Å². The van der Waals surface area contributed by atoms with Crippen LogP contribution < -0.4 is 5.73 Å². The molecule has 0 saturated heterocycles. The van der Waals surface area contributed by atoms with Gasteiger partial charge in [-0.2, -0.15) is 0 Å². The summed E-state index contributed by atoms with van der Waals surface area (Å²) < 4.78 is 54.8. The van der Waals surface area contributed by atoms with Crippen molar-refractivity contribution in [1.29, 1.82) is 0 Å². The van der Waals surface area contributed by atoms with Gasteiger partial charge in [0.15, 0.2) is 15.7 Å². The first-order valence-electron chi connectivity index (χ1n) is 5.24. The normalized spacial score (nSPS) is 11.7. The lowest BCUT2D eigenvalue weighted by atomic mass is 10.1. The third-order valence-electron chi connectivity index (χ3n) is 2.12. The molecule has 1 aromatic carbocycles. The van der Waals surface area contributed by atoms with E-state index in [2.05, 4.69) is 0 Å². The Balaban J connectivity index is 3.55. The van der Waals surface area contributed by atoms with Gasteiger partial charge in [0.2, 0.25) is 0 Å². The number of nitrogen functional groups attached to an aromatic ring is 1. The Hall–Kier alpha value is -1.70. The highest BCUT2D eigenvalue weighted by Gasteiger charge is 2.29. The topological polar surface area (TPSA) is 86.5 Å². The van der Waals surface area contributed by atoms with Crippen LogP contribution in [0.25, 0.3) is 0 Å². The van der Waals surface area contributed by atoms with Gasteiger partial charge in [-0.3, -0.25) is 0 Å². The summed E-state index contributed by atoms with van der Waals surface area (Å²) in [5.74, 6) is -4.03. The summed E-state index contributed by atoms with van der Waals surface area (Å²) in [5.41, 5.74) is 4.03. The predicted molar refractivity (Wildman–Crippen MR) is 64.4 cm³/mol. The summed E-state index contributed by atoms with van der Waals surface area (Å²) in [6.07, 6.45) is 0.0699. The van der Waals surface area contributed by atoms with Crippen LogP contribution in [-0.4, -0.2) is 26.7 Å². The largest absolute Gasteiger partial charge is 0.459 e. The van der Waals surface area contributed by atoms with Gasteiger partial charge >= 0.3 is 5.97 Å². The van der Waals surface area contributed by atoms with Gasteiger partial charge in [-0.1, -0.05) is 0 Å². The quantitative estimate of drug-likeness (QED) is 0.674. The first kappa shape index (κ1) is 15.4. The average molecular weight is 293 g/mol. The summed E-state index contributed by atoms with van der Waals surface area (Å²) in [7, 11) is -4.18. The predicted octanol–water partition coefficient (Wildman–Crippen LogP) is 1.52. The monoisotopic (exact) mass is 293 g/mol. The molecule has 0 aliphatic carbocycles. The van der Waals surface area contributed by atoms with E-state index in [9.17, 15) is 22.0 Å². The van der Waals surface area contributed by atoms with E-state index in [0.29, 0.717) is 12.3 Å². The maximum Gasteiger partial charge on any atom is 0.343 e. The SMILES string of the molecule is CC(C)OC(=O)c1c(N)cc(F)c(S(C)(=O)=O)c1F. The van der Waals surface area contributed by atoms with Crippen molar-refractivity contribution in [2.24, 2.45) is 0 Å².